The number of aliphatic hydroxyl groups is 1. The summed E-state index contributed by atoms with van der Waals surface area (Å²) >= 11 is 0. The number of halogens is 1. The highest BCUT2D eigenvalue weighted by molar-refractivity contribution is 7.92. The normalized spacial score (nSPS) is 12.8. The average molecular weight is 495 g/mol. The minimum Gasteiger partial charge on any atom is -0.506 e. The van der Waals surface area contributed by atoms with Gasteiger partial charge in [0.2, 0.25) is 10.0 Å². The molecule has 0 saturated heterocycles. The molecule has 0 aliphatic rings. The van der Waals surface area contributed by atoms with Gasteiger partial charge < -0.3 is 20.3 Å². The Bertz CT molecular complexity index is 997. The molecule has 0 aliphatic heterocycles. The van der Waals surface area contributed by atoms with Gasteiger partial charge >= 0.3 is 0 Å². The molecule has 9 heteroatoms. The Balaban J connectivity index is 1.49. The number of phenolic OH excluding ortho intramolecular Hbond substituents is 1. The molecule has 0 fully saturated rings. The topological polar surface area (TPSA) is 108 Å². The monoisotopic (exact) mass is 494 g/mol. The van der Waals surface area contributed by atoms with E-state index in [-0.39, 0.29) is 17.3 Å². The molecule has 7 nitrogen and oxygen atoms in total. The summed E-state index contributed by atoms with van der Waals surface area (Å²) < 4.78 is 43.4. The number of sulfonamides is 1. The molecule has 2 aromatic carbocycles. The Kier molecular flexibility index (Phi) is 12.0. The number of phenols is 1. The van der Waals surface area contributed by atoms with E-state index in [0.717, 1.165) is 57.1 Å². The quantitative estimate of drug-likeness (QED) is 0.206. The number of rotatable bonds is 16. The molecule has 2 aromatic rings. The third-order valence-corrected chi connectivity index (χ3v) is 5.63. The minimum atomic E-state index is -3.52. The molecule has 1 atom stereocenters. The lowest BCUT2D eigenvalue weighted by atomic mass is 10.1. The number of nitrogens with one attached hydrogen (secondary N) is 2. The van der Waals surface area contributed by atoms with Crippen molar-refractivity contribution in [3.05, 3.63) is 65.5 Å². The fraction of sp³-hybridized carbons (Fsp3) is 0.440. The summed E-state index contributed by atoms with van der Waals surface area (Å²) in [6.45, 7) is 2.48. The second-order valence-electron chi connectivity index (χ2n) is 8.14. The van der Waals surface area contributed by atoms with Crippen molar-refractivity contribution >= 4 is 21.8 Å². The summed E-state index contributed by atoms with van der Waals surface area (Å²) in [6, 6.07) is 10.7. The first-order valence-corrected chi connectivity index (χ1v) is 13.3. The number of hydrogen-bond acceptors (Lipinski definition) is 6. The molecular formula is C25H35FN2O5S. The summed E-state index contributed by atoms with van der Waals surface area (Å²) in [6.07, 6.45) is 9.07. The molecule has 0 radical (unpaired) electrons. The molecule has 0 bridgehead atoms. The van der Waals surface area contributed by atoms with Gasteiger partial charge in [0.25, 0.3) is 0 Å². The number of unbranched alkanes of at least 4 members (excludes halogenated alkanes) is 3. The van der Waals surface area contributed by atoms with E-state index in [1.807, 2.05) is 12.2 Å². The van der Waals surface area contributed by atoms with Gasteiger partial charge in [0.1, 0.15) is 11.6 Å². The summed E-state index contributed by atoms with van der Waals surface area (Å²) in [5.74, 6) is -0.428. The predicted octanol–water partition coefficient (Wildman–Crippen LogP) is 4.21. The van der Waals surface area contributed by atoms with Crippen LogP contribution in [0.2, 0.25) is 0 Å². The van der Waals surface area contributed by atoms with E-state index in [9.17, 15) is 23.0 Å². The fourth-order valence-electron chi connectivity index (χ4n) is 3.25. The van der Waals surface area contributed by atoms with Crippen LogP contribution in [0, 0.1) is 5.82 Å². The van der Waals surface area contributed by atoms with Gasteiger partial charge in [-0.05, 0) is 61.2 Å². The number of aliphatic hydroxyl groups excluding tert-OH is 1. The van der Waals surface area contributed by atoms with E-state index in [0.29, 0.717) is 18.7 Å². The Labute approximate surface area is 201 Å². The van der Waals surface area contributed by atoms with Crippen molar-refractivity contribution in [3.63, 3.8) is 0 Å². The van der Waals surface area contributed by atoms with E-state index in [2.05, 4.69) is 10.0 Å². The van der Waals surface area contributed by atoms with Crippen LogP contribution in [0.5, 0.6) is 5.75 Å². The van der Waals surface area contributed by atoms with Gasteiger partial charge in [0.05, 0.1) is 24.7 Å². The van der Waals surface area contributed by atoms with Crippen molar-refractivity contribution in [1.82, 2.24) is 5.32 Å². The third kappa shape index (κ3) is 11.6. The van der Waals surface area contributed by atoms with Crippen LogP contribution in [0.15, 0.2) is 48.5 Å². The molecule has 34 heavy (non-hydrogen) atoms. The lowest BCUT2D eigenvalue weighted by molar-refractivity contribution is 0.134. The van der Waals surface area contributed by atoms with Crippen molar-refractivity contribution in [2.75, 3.05) is 37.3 Å². The van der Waals surface area contributed by atoms with Crippen molar-refractivity contribution in [1.29, 1.82) is 0 Å². The second-order valence-corrected chi connectivity index (χ2v) is 9.89. The lowest BCUT2D eigenvalue weighted by Crippen LogP contribution is -2.22. The van der Waals surface area contributed by atoms with Gasteiger partial charge in [-0.2, -0.15) is 0 Å². The van der Waals surface area contributed by atoms with Gasteiger partial charge in [-0.3, -0.25) is 4.72 Å². The third-order valence-electron chi connectivity index (χ3n) is 5.04. The number of aromatic hydroxyl groups is 1. The van der Waals surface area contributed by atoms with Gasteiger partial charge in [0.15, 0.2) is 0 Å². The smallest absolute Gasteiger partial charge is 0.229 e. The predicted molar refractivity (Wildman–Crippen MR) is 134 cm³/mol. The second kappa shape index (κ2) is 14.7. The zero-order valence-electron chi connectivity index (χ0n) is 19.5. The van der Waals surface area contributed by atoms with Crippen molar-refractivity contribution < 1.29 is 27.8 Å². The largest absolute Gasteiger partial charge is 0.506 e. The summed E-state index contributed by atoms with van der Waals surface area (Å²) in [7, 11) is -3.52. The average Bonchev–Trinajstić information content (AvgIpc) is 2.78. The van der Waals surface area contributed by atoms with Crippen LogP contribution < -0.4 is 10.0 Å². The van der Waals surface area contributed by atoms with Gasteiger partial charge in [-0.15, -0.1) is 0 Å². The van der Waals surface area contributed by atoms with Crippen molar-refractivity contribution in [2.45, 2.75) is 38.2 Å². The molecule has 188 valence electrons. The summed E-state index contributed by atoms with van der Waals surface area (Å²) in [5, 5.41) is 23.3. The molecule has 0 aromatic heterocycles. The van der Waals surface area contributed by atoms with Gasteiger partial charge in [0, 0.05) is 13.2 Å². The van der Waals surface area contributed by atoms with Crippen LogP contribution in [0.4, 0.5) is 10.1 Å². The summed E-state index contributed by atoms with van der Waals surface area (Å²) in [4.78, 5) is 0. The van der Waals surface area contributed by atoms with Crippen molar-refractivity contribution in [2.24, 2.45) is 0 Å². The molecule has 2 rings (SSSR count). The molecule has 0 amide bonds. The Morgan fingerprint density at radius 2 is 1.79 bits per heavy atom. The van der Waals surface area contributed by atoms with Crippen LogP contribution in [-0.4, -0.2) is 51.2 Å². The Morgan fingerprint density at radius 1 is 1.06 bits per heavy atom. The lowest BCUT2D eigenvalue weighted by Gasteiger charge is -2.14. The SMILES string of the molecule is CS(=O)(=O)Nc1cc(C(O)CNCCCCCCOCCC=Cc2ccc(F)cc2)ccc1O. The van der Waals surface area contributed by atoms with E-state index in [1.165, 1.54) is 24.3 Å². The fourth-order valence-corrected chi connectivity index (χ4v) is 3.82. The van der Waals surface area contributed by atoms with E-state index in [1.54, 1.807) is 18.2 Å². The minimum absolute atomic E-state index is 0.0465. The van der Waals surface area contributed by atoms with Crippen LogP contribution in [-0.2, 0) is 14.8 Å². The van der Waals surface area contributed by atoms with E-state index >= 15 is 0 Å². The number of hydrogen-bond donors (Lipinski definition) is 4. The highest BCUT2D eigenvalue weighted by Crippen LogP contribution is 2.27. The maximum Gasteiger partial charge on any atom is 0.229 e. The van der Waals surface area contributed by atoms with Crippen LogP contribution >= 0.6 is 0 Å². The molecular weight excluding hydrogens is 459 g/mol. The van der Waals surface area contributed by atoms with Crippen LogP contribution in [0.1, 0.15) is 49.3 Å². The van der Waals surface area contributed by atoms with Gasteiger partial charge in [-0.25, -0.2) is 12.8 Å². The first-order chi connectivity index (χ1) is 16.2. The molecule has 4 N–H and O–H groups in total. The summed E-state index contributed by atoms with van der Waals surface area (Å²) in [5.41, 5.74) is 1.53. The molecule has 0 heterocycles. The zero-order chi connectivity index (χ0) is 24.8. The highest BCUT2D eigenvalue weighted by atomic mass is 32.2. The van der Waals surface area contributed by atoms with Crippen molar-refractivity contribution in [3.8, 4) is 5.75 Å². The number of anilines is 1. The first kappa shape index (κ1) is 27.8. The molecule has 0 aliphatic carbocycles. The Morgan fingerprint density at radius 3 is 2.53 bits per heavy atom. The number of ether oxygens (including phenoxy) is 1. The van der Waals surface area contributed by atoms with E-state index in [4.69, 9.17) is 4.74 Å². The Hall–Kier alpha value is -2.46. The van der Waals surface area contributed by atoms with Gasteiger partial charge in [-0.1, -0.05) is 43.2 Å². The maximum absolute atomic E-state index is 12.8. The number of benzene rings is 2. The standard InChI is InChI=1S/C25H35FN2O5S/c1-34(31,32)28-23-18-21(11-14-24(23)29)25(30)19-27-15-5-2-3-6-16-33-17-7-4-8-20-9-12-22(26)13-10-20/h4,8-14,18,25,27-30H,2-3,5-7,15-17,19H2,1H3. The maximum atomic E-state index is 12.8. The zero-order valence-corrected chi connectivity index (χ0v) is 20.4. The molecule has 1 unspecified atom stereocenters. The highest BCUT2D eigenvalue weighted by Gasteiger charge is 2.12. The van der Waals surface area contributed by atoms with Crippen LogP contribution in [0.25, 0.3) is 6.08 Å². The first-order valence-electron chi connectivity index (χ1n) is 11.4. The van der Waals surface area contributed by atoms with E-state index < -0.39 is 16.1 Å². The molecule has 0 saturated carbocycles. The molecule has 0 spiro atoms. The van der Waals surface area contributed by atoms with Crippen LogP contribution in [0.3, 0.4) is 0 Å².